The van der Waals surface area contributed by atoms with Crippen LogP contribution in [0.15, 0.2) is 0 Å². The van der Waals surface area contributed by atoms with Gasteiger partial charge in [0.1, 0.15) is 0 Å². The Kier molecular flexibility index (Phi) is 5.57. The first kappa shape index (κ1) is 11.0. The van der Waals surface area contributed by atoms with Gasteiger partial charge in [-0.05, 0) is 31.8 Å². The predicted molar refractivity (Wildman–Crippen MR) is 51.8 cm³/mol. The number of rotatable bonds is 0. The molecule has 1 rings (SSSR count). The largest absolute Gasteiger partial charge is 0.306 e. The van der Waals surface area contributed by atoms with Crippen molar-refractivity contribution >= 4 is 0 Å². The van der Waals surface area contributed by atoms with Crippen LogP contribution in [-0.2, 0) is 0 Å². The number of hydrogen-bond acceptors (Lipinski definition) is 1. The molecule has 0 spiro atoms. The smallest absolute Gasteiger partial charge is 0.000652 e. The van der Waals surface area contributed by atoms with E-state index < -0.39 is 0 Å². The summed E-state index contributed by atoms with van der Waals surface area (Å²) in [6, 6.07) is 0. The Bertz CT molecular complexity index is 90.9. The van der Waals surface area contributed by atoms with E-state index >= 15 is 0 Å². The van der Waals surface area contributed by atoms with Crippen LogP contribution in [0.4, 0.5) is 0 Å². The molecule has 0 N–H and O–H groups in total. The molecule has 11 heavy (non-hydrogen) atoms. The van der Waals surface area contributed by atoms with Crippen LogP contribution in [0.1, 0.15) is 34.1 Å². The summed E-state index contributed by atoms with van der Waals surface area (Å²) in [7, 11) is 2.21. The van der Waals surface area contributed by atoms with Gasteiger partial charge in [0.05, 0.1) is 0 Å². The van der Waals surface area contributed by atoms with Gasteiger partial charge in [-0.2, -0.15) is 0 Å². The second-order valence-electron chi connectivity index (χ2n) is 3.51. The summed E-state index contributed by atoms with van der Waals surface area (Å²) in [4.78, 5) is 2.42. The van der Waals surface area contributed by atoms with Crippen molar-refractivity contribution in [3.05, 3.63) is 0 Å². The number of piperidine rings is 1. The lowest BCUT2D eigenvalue weighted by Gasteiger charge is -2.32. The van der Waals surface area contributed by atoms with Crippen LogP contribution >= 0.6 is 0 Å². The monoisotopic (exact) mass is 157 g/mol. The average Bonchev–Trinajstić information content (AvgIpc) is 2.02. The SMILES string of the molecule is CC.CC1CN(C)CC[C@H]1C. The van der Waals surface area contributed by atoms with E-state index in [0.717, 1.165) is 11.8 Å². The molecule has 1 aliphatic heterocycles. The molecule has 1 unspecified atom stereocenters. The molecule has 2 atom stereocenters. The molecular formula is C10H23N. The van der Waals surface area contributed by atoms with Crippen molar-refractivity contribution in [2.75, 3.05) is 20.1 Å². The van der Waals surface area contributed by atoms with Crippen LogP contribution in [0.2, 0.25) is 0 Å². The van der Waals surface area contributed by atoms with Crippen molar-refractivity contribution in [3.63, 3.8) is 0 Å². The quantitative estimate of drug-likeness (QED) is 0.522. The first-order valence-corrected chi connectivity index (χ1v) is 4.88. The van der Waals surface area contributed by atoms with Gasteiger partial charge in [0.25, 0.3) is 0 Å². The molecule has 0 bridgehead atoms. The van der Waals surface area contributed by atoms with Crippen molar-refractivity contribution < 1.29 is 0 Å². The van der Waals surface area contributed by atoms with Crippen LogP contribution in [0.25, 0.3) is 0 Å². The molecule has 0 aliphatic carbocycles. The molecule has 0 aromatic heterocycles. The van der Waals surface area contributed by atoms with Crippen LogP contribution < -0.4 is 0 Å². The van der Waals surface area contributed by atoms with Gasteiger partial charge in [-0.15, -0.1) is 0 Å². The van der Waals surface area contributed by atoms with Gasteiger partial charge in [0, 0.05) is 6.54 Å². The van der Waals surface area contributed by atoms with E-state index in [2.05, 4.69) is 25.8 Å². The zero-order valence-corrected chi connectivity index (χ0v) is 8.72. The normalized spacial score (nSPS) is 32.5. The number of nitrogens with zero attached hydrogens (tertiary/aromatic N) is 1. The third-order valence-corrected chi connectivity index (χ3v) is 2.54. The van der Waals surface area contributed by atoms with Crippen molar-refractivity contribution in [3.8, 4) is 0 Å². The minimum atomic E-state index is 0.906. The number of hydrogen-bond donors (Lipinski definition) is 0. The van der Waals surface area contributed by atoms with E-state index in [9.17, 15) is 0 Å². The van der Waals surface area contributed by atoms with Gasteiger partial charge in [-0.3, -0.25) is 0 Å². The van der Waals surface area contributed by atoms with Gasteiger partial charge in [-0.25, -0.2) is 0 Å². The summed E-state index contributed by atoms with van der Waals surface area (Å²) >= 11 is 0. The fourth-order valence-electron chi connectivity index (χ4n) is 1.47. The summed E-state index contributed by atoms with van der Waals surface area (Å²) in [5.74, 6) is 1.85. The van der Waals surface area contributed by atoms with Crippen molar-refractivity contribution in [1.82, 2.24) is 4.90 Å². The van der Waals surface area contributed by atoms with E-state index in [-0.39, 0.29) is 0 Å². The van der Waals surface area contributed by atoms with Gasteiger partial charge in [-0.1, -0.05) is 27.7 Å². The second-order valence-corrected chi connectivity index (χ2v) is 3.51. The first-order chi connectivity index (χ1) is 5.20. The standard InChI is InChI=1S/C8H17N.C2H6/c1-7-4-5-9(3)6-8(7)2;1-2/h7-8H,4-6H2,1-3H3;1-2H3/t7-,8?;/m1./s1. The minimum absolute atomic E-state index is 0.906. The summed E-state index contributed by atoms with van der Waals surface area (Å²) in [6.45, 7) is 11.3. The molecule has 1 aliphatic rings. The van der Waals surface area contributed by atoms with Crippen molar-refractivity contribution in [1.29, 1.82) is 0 Å². The lowest BCUT2D eigenvalue weighted by atomic mass is 9.89. The average molecular weight is 157 g/mol. The molecule has 1 heterocycles. The van der Waals surface area contributed by atoms with E-state index in [1.54, 1.807) is 0 Å². The zero-order chi connectivity index (χ0) is 8.85. The van der Waals surface area contributed by atoms with Crippen molar-refractivity contribution in [2.45, 2.75) is 34.1 Å². The molecule has 0 saturated carbocycles. The Balaban J connectivity index is 0.000000461. The lowest BCUT2D eigenvalue weighted by molar-refractivity contribution is 0.166. The predicted octanol–water partition coefficient (Wildman–Crippen LogP) is 2.62. The highest BCUT2D eigenvalue weighted by Crippen LogP contribution is 2.20. The first-order valence-electron chi connectivity index (χ1n) is 4.88. The zero-order valence-electron chi connectivity index (χ0n) is 8.72. The maximum absolute atomic E-state index is 2.42. The third-order valence-electron chi connectivity index (χ3n) is 2.54. The Labute approximate surface area is 71.8 Å². The molecule has 1 heteroatoms. The second kappa shape index (κ2) is 5.59. The molecule has 0 amide bonds. The highest BCUT2D eigenvalue weighted by molar-refractivity contribution is 4.72. The van der Waals surface area contributed by atoms with Gasteiger partial charge in [0.2, 0.25) is 0 Å². The minimum Gasteiger partial charge on any atom is -0.306 e. The maximum Gasteiger partial charge on any atom is 0.000652 e. The summed E-state index contributed by atoms with van der Waals surface area (Å²) in [5, 5.41) is 0. The Morgan fingerprint density at radius 3 is 2.00 bits per heavy atom. The van der Waals surface area contributed by atoms with E-state index in [0.29, 0.717) is 0 Å². The van der Waals surface area contributed by atoms with E-state index in [4.69, 9.17) is 0 Å². The maximum atomic E-state index is 2.42. The van der Waals surface area contributed by atoms with Crippen LogP contribution in [0.5, 0.6) is 0 Å². The van der Waals surface area contributed by atoms with Gasteiger partial charge < -0.3 is 4.90 Å². The summed E-state index contributed by atoms with van der Waals surface area (Å²) < 4.78 is 0. The molecule has 68 valence electrons. The molecular weight excluding hydrogens is 134 g/mol. The van der Waals surface area contributed by atoms with Crippen molar-refractivity contribution in [2.24, 2.45) is 11.8 Å². The molecule has 0 aromatic carbocycles. The van der Waals surface area contributed by atoms with E-state index in [1.807, 2.05) is 13.8 Å². The van der Waals surface area contributed by atoms with Gasteiger partial charge in [0.15, 0.2) is 0 Å². The lowest BCUT2D eigenvalue weighted by Crippen LogP contribution is -2.35. The van der Waals surface area contributed by atoms with E-state index in [1.165, 1.54) is 19.5 Å². The highest BCUT2D eigenvalue weighted by atomic mass is 15.1. The summed E-state index contributed by atoms with van der Waals surface area (Å²) in [5.41, 5.74) is 0. The molecule has 1 fully saturated rings. The molecule has 0 aromatic rings. The fourth-order valence-corrected chi connectivity index (χ4v) is 1.47. The van der Waals surface area contributed by atoms with Crippen LogP contribution in [0, 0.1) is 11.8 Å². The fraction of sp³-hybridized carbons (Fsp3) is 1.00. The Morgan fingerprint density at radius 1 is 1.09 bits per heavy atom. The third kappa shape index (κ3) is 3.76. The molecule has 1 saturated heterocycles. The Hall–Kier alpha value is -0.0400. The number of likely N-dealkylation sites (tertiary alicyclic amines) is 1. The Morgan fingerprint density at radius 2 is 1.64 bits per heavy atom. The molecule has 1 nitrogen and oxygen atoms in total. The van der Waals surface area contributed by atoms with Gasteiger partial charge >= 0.3 is 0 Å². The highest BCUT2D eigenvalue weighted by Gasteiger charge is 2.19. The summed E-state index contributed by atoms with van der Waals surface area (Å²) in [6.07, 6.45) is 1.39. The topological polar surface area (TPSA) is 3.24 Å². The van der Waals surface area contributed by atoms with Crippen LogP contribution in [0.3, 0.4) is 0 Å². The molecule has 0 radical (unpaired) electrons. The van der Waals surface area contributed by atoms with Crippen LogP contribution in [-0.4, -0.2) is 25.0 Å².